The largest absolute Gasteiger partial charge is 0.473 e. The summed E-state index contributed by atoms with van der Waals surface area (Å²) in [5.41, 5.74) is 2.13. The standard InChI is InChI=1S/C12H21N3O/c1-6-7-16-12-11(8-13-9(2)3)10(4)14-15(12)5/h6,9,13H,1,7-8H2,2-5H3. The molecule has 1 rings (SSSR count). The zero-order valence-electron chi connectivity index (χ0n) is 10.6. The molecule has 0 aliphatic heterocycles. The maximum Gasteiger partial charge on any atom is 0.216 e. The van der Waals surface area contributed by atoms with Gasteiger partial charge in [0.2, 0.25) is 5.88 Å². The van der Waals surface area contributed by atoms with Gasteiger partial charge in [0.25, 0.3) is 0 Å². The highest BCUT2D eigenvalue weighted by Crippen LogP contribution is 2.21. The second-order valence-corrected chi connectivity index (χ2v) is 4.13. The summed E-state index contributed by atoms with van der Waals surface area (Å²) >= 11 is 0. The molecular formula is C12H21N3O. The van der Waals surface area contributed by atoms with E-state index in [-0.39, 0.29) is 0 Å². The van der Waals surface area contributed by atoms with Crippen LogP contribution in [0.4, 0.5) is 0 Å². The summed E-state index contributed by atoms with van der Waals surface area (Å²) in [5.74, 6) is 0.825. The fourth-order valence-corrected chi connectivity index (χ4v) is 1.51. The second kappa shape index (κ2) is 5.70. The summed E-state index contributed by atoms with van der Waals surface area (Å²) in [4.78, 5) is 0. The molecule has 4 heteroatoms. The lowest BCUT2D eigenvalue weighted by Gasteiger charge is -2.10. The van der Waals surface area contributed by atoms with Crippen molar-refractivity contribution >= 4 is 0 Å². The molecule has 0 aromatic carbocycles. The van der Waals surface area contributed by atoms with Crippen molar-refractivity contribution in [3.63, 3.8) is 0 Å². The molecule has 1 aromatic heterocycles. The van der Waals surface area contributed by atoms with Crippen molar-refractivity contribution in [1.82, 2.24) is 15.1 Å². The van der Waals surface area contributed by atoms with E-state index in [9.17, 15) is 0 Å². The molecule has 90 valence electrons. The third-order valence-electron chi connectivity index (χ3n) is 2.31. The maximum atomic E-state index is 5.61. The smallest absolute Gasteiger partial charge is 0.216 e. The number of hydrogen-bond acceptors (Lipinski definition) is 3. The molecule has 0 spiro atoms. The lowest BCUT2D eigenvalue weighted by molar-refractivity contribution is 0.324. The van der Waals surface area contributed by atoms with Crippen LogP contribution in [0.5, 0.6) is 5.88 Å². The molecule has 4 nitrogen and oxygen atoms in total. The summed E-state index contributed by atoms with van der Waals surface area (Å²) in [5, 5.41) is 7.73. The highest BCUT2D eigenvalue weighted by molar-refractivity contribution is 5.31. The maximum absolute atomic E-state index is 5.61. The van der Waals surface area contributed by atoms with E-state index in [1.807, 2.05) is 14.0 Å². The molecule has 0 saturated carbocycles. The third-order valence-corrected chi connectivity index (χ3v) is 2.31. The summed E-state index contributed by atoms with van der Waals surface area (Å²) < 4.78 is 7.39. The summed E-state index contributed by atoms with van der Waals surface area (Å²) in [6.07, 6.45) is 1.74. The van der Waals surface area contributed by atoms with Crippen molar-refractivity contribution in [2.75, 3.05) is 6.61 Å². The number of nitrogens with zero attached hydrogens (tertiary/aromatic N) is 2. The number of ether oxygens (including phenoxy) is 1. The predicted octanol–water partition coefficient (Wildman–Crippen LogP) is 1.79. The fourth-order valence-electron chi connectivity index (χ4n) is 1.51. The first-order valence-corrected chi connectivity index (χ1v) is 5.55. The molecule has 0 aliphatic carbocycles. The van der Waals surface area contributed by atoms with Gasteiger partial charge in [-0.15, -0.1) is 0 Å². The Bertz CT molecular complexity index is 355. The fraction of sp³-hybridized carbons (Fsp3) is 0.583. The van der Waals surface area contributed by atoms with Gasteiger partial charge < -0.3 is 10.1 Å². The van der Waals surface area contributed by atoms with Gasteiger partial charge in [-0.3, -0.25) is 0 Å². The van der Waals surface area contributed by atoms with E-state index in [1.165, 1.54) is 0 Å². The number of nitrogens with one attached hydrogen (secondary N) is 1. The van der Waals surface area contributed by atoms with E-state index in [0.717, 1.165) is 23.7 Å². The van der Waals surface area contributed by atoms with Gasteiger partial charge >= 0.3 is 0 Å². The molecule has 1 aromatic rings. The topological polar surface area (TPSA) is 39.1 Å². The molecule has 1 heterocycles. The Labute approximate surface area is 97.3 Å². The van der Waals surface area contributed by atoms with Crippen LogP contribution in [-0.2, 0) is 13.6 Å². The molecule has 1 N–H and O–H groups in total. The Kier molecular flexibility index (Phi) is 4.55. The monoisotopic (exact) mass is 223 g/mol. The van der Waals surface area contributed by atoms with Crippen LogP contribution in [0.25, 0.3) is 0 Å². The molecule has 0 unspecified atom stereocenters. The second-order valence-electron chi connectivity index (χ2n) is 4.13. The molecule has 0 aliphatic rings. The molecule has 0 atom stereocenters. The van der Waals surface area contributed by atoms with Gasteiger partial charge in [0.05, 0.1) is 11.3 Å². The summed E-state index contributed by atoms with van der Waals surface area (Å²) in [6.45, 7) is 11.2. The van der Waals surface area contributed by atoms with Crippen LogP contribution in [0.3, 0.4) is 0 Å². The lowest BCUT2D eigenvalue weighted by atomic mass is 10.2. The van der Waals surface area contributed by atoms with Gasteiger partial charge in [-0.05, 0) is 6.92 Å². The number of aromatic nitrogens is 2. The number of rotatable bonds is 6. The molecule has 0 bridgehead atoms. The SMILES string of the molecule is C=CCOc1c(CNC(C)C)c(C)nn1C. The van der Waals surface area contributed by atoms with Gasteiger partial charge in [0.1, 0.15) is 6.61 Å². The van der Waals surface area contributed by atoms with Crippen molar-refractivity contribution in [2.45, 2.75) is 33.4 Å². The average molecular weight is 223 g/mol. The minimum Gasteiger partial charge on any atom is -0.473 e. The van der Waals surface area contributed by atoms with Crippen LogP contribution < -0.4 is 10.1 Å². The van der Waals surface area contributed by atoms with E-state index in [0.29, 0.717) is 12.6 Å². The quantitative estimate of drug-likeness (QED) is 0.747. The highest BCUT2D eigenvalue weighted by Gasteiger charge is 2.14. The van der Waals surface area contributed by atoms with E-state index in [1.54, 1.807) is 10.8 Å². The predicted molar refractivity (Wildman–Crippen MR) is 65.6 cm³/mol. The van der Waals surface area contributed by atoms with E-state index in [4.69, 9.17) is 4.74 Å². The molecule has 16 heavy (non-hydrogen) atoms. The van der Waals surface area contributed by atoms with Crippen molar-refractivity contribution in [2.24, 2.45) is 7.05 Å². The van der Waals surface area contributed by atoms with E-state index in [2.05, 4.69) is 30.8 Å². The zero-order valence-corrected chi connectivity index (χ0v) is 10.6. The molecular weight excluding hydrogens is 202 g/mol. The van der Waals surface area contributed by atoms with Crippen LogP contribution in [-0.4, -0.2) is 22.4 Å². The van der Waals surface area contributed by atoms with Crippen molar-refractivity contribution < 1.29 is 4.74 Å². The first-order chi connectivity index (χ1) is 7.56. The highest BCUT2D eigenvalue weighted by atomic mass is 16.5. The Morgan fingerprint density at radius 1 is 1.56 bits per heavy atom. The minimum absolute atomic E-state index is 0.451. The third kappa shape index (κ3) is 3.10. The van der Waals surface area contributed by atoms with Crippen LogP contribution in [0.15, 0.2) is 12.7 Å². The van der Waals surface area contributed by atoms with Crippen molar-refractivity contribution in [3.8, 4) is 5.88 Å². The van der Waals surface area contributed by atoms with Gasteiger partial charge in [0, 0.05) is 19.6 Å². The Balaban J connectivity index is 2.82. The molecule has 0 fully saturated rings. The molecule has 0 radical (unpaired) electrons. The van der Waals surface area contributed by atoms with Gasteiger partial charge in [-0.1, -0.05) is 26.5 Å². The van der Waals surface area contributed by atoms with Crippen LogP contribution in [0, 0.1) is 6.92 Å². The van der Waals surface area contributed by atoms with Crippen LogP contribution in [0.1, 0.15) is 25.1 Å². The minimum atomic E-state index is 0.451. The van der Waals surface area contributed by atoms with Gasteiger partial charge in [0.15, 0.2) is 0 Å². The number of aryl methyl sites for hydroxylation is 2. The Morgan fingerprint density at radius 2 is 2.25 bits per heavy atom. The van der Waals surface area contributed by atoms with E-state index >= 15 is 0 Å². The molecule has 0 saturated heterocycles. The zero-order chi connectivity index (χ0) is 12.1. The first kappa shape index (κ1) is 12.8. The van der Waals surface area contributed by atoms with Gasteiger partial charge in [-0.25, -0.2) is 4.68 Å². The Morgan fingerprint density at radius 3 is 2.81 bits per heavy atom. The summed E-state index contributed by atoms with van der Waals surface area (Å²) in [7, 11) is 1.89. The van der Waals surface area contributed by atoms with Crippen molar-refractivity contribution in [3.05, 3.63) is 23.9 Å². The summed E-state index contributed by atoms with van der Waals surface area (Å²) in [6, 6.07) is 0.451. The van der Waals surface area contributed by atoms with Gasteiger partial charge in [-0.2, -0.15) is 5.10 Å². The Hall–Kier alpha value is -1.29. The van der Waals surface area contributed by atoms with Crippen molar-refractivity contribution in [1.29, 1.82) is 0 Å². The molecule has 0 amide bonds. The van der Waals surface area contributed by atoms with E-state index < -0.39 is 0 Å². The lowest BCUT2D eigenvalue weighted by Crippen LogP contribution is -2.22. The van der Waals surface area contributed by atoms with Crippen LogP contribution in [0.2, 0.25) is 0 Å². The average Bonchev–Trinajstić information content (AvgIpc) is 2.47. The number of hydrogen-bond donors (Lipinski definition) is 1. The van der Waals surface area contributed by atoms with Crippen LogP contribution >= 0.6 is 0 Å². The first-order valence-electron chi connectivity index (χ1n) is 5.55. The normalized spacial score (nSPS) is 10.8.